The molecule has 0 atom stereocenters. The minimum Gasteiger partial charge on any atom is -0.464 e. The Bertz CT molecular complexity index is 941. The van der Waals surface area contributed by atoms with Gasteiger partial charge in [-0.1, -0.05) is 12.1 Å². The van der Waals surface area contributed by atoms with Gasteiger partial charge in [0.25, 0.3) is 5.91 Å². The Kier molecular flexibility index (Phi) is 4.51. The number of hydrogen-bond donors (Lipinski definition) is 1. The van der Waals surface area contributed by atoms with Crippen LogP contribution < -0.4 is 5.32 Å². The molecule has 0 saturated carbocycles. The molecule has 1 amide bonds. The smallest absolute Gasteiger partial charge is 0.359 e. The van der Waals surface area contributed by atoms with E-state index in [2.05, 4.69) is 20.0 Å². The fourth-order valence-electron chi connectivity index (χ4n) is 2.73. The van der Waals surface area contributed by atoms with E-state index >= 15 is 0 Å². The van der Waals surface area contributed by atoms with Crippen molar-refractivity contribution in [2.45, 2.75) is 6.42 Å². The Labute approximate surface area is 144 Å². The van der Waals surface area contributed by atoms with Crippen LogP contribution in [0, 0.1) is 0 Å². The quantitative estimate of drug-likeness (QED) is 0.701. The zero-order valence-electron chi connectivity index (χ0n) is 14.3. The topological polar surface area (TPSA) is 91.0 Å². The second kappa shape index (κ2) is 6.76. The Balaban J connectivity index is 1.70. The lowest BCUT2D eigenvalue weighted by Gasteiger charge is -2.07. The van der Waals surface area contributed by atoms with Crippen LogP contribution in [0.25, 0.3) is 11.0 Å². The number of para-hydroxylation sites is 2. The number of amides is 1. The fourth-order valence-corrected chi connectivity index (χ4v) is 2.73. The van der Waals surface area contributed by atoms with E-state index in [1.54, 1.807) is 7.05 Å². The van der Waals surface area contributed by atoms with E-state index in [4.69, 9.17) is 0 Å². The van der Waals surface area contributed by atoms with E-state index in [0.29, 0.717) is 13.0 Å². The van der Waals surface area contributed by atoms with Gasteiger partial charge in [-0.05, 0) is 12.1 Å². The third-order valence-corrected chi connectivity index (χ3v) is 4.04. The predicted octanol–water partition coefficient (Wildman–Crippen LogP) is 1.07. The first-order valence-corrected chi connectivity index (χ1v) is 7.81. The molecule has 8 nitrogen and oxygen atoms in total. The van der Waals surface area contributed by atoms with Gasteiger partial charge in [0.1, 0.15) is 11.5 Å². The van der Waals surface area contributed by atoms with Crippen LogP contribution in [0.1, 0.15) is 26.8 Å². The van der Waals surface area contributed by atoms with E-state index in [9.17, 15) is 9.59 Å². The molecule has 1 aromatic carbocycles. The van der Waals surface area contributed by atoms with Crippen molar-refractivity contribution in [1.29, 1.82) is 0 Å². The number of imidazole rings is 2. The third-order valence-electron chi connectivity index (χ3n) is 4.04. The van der Waals surface area contributed by atoms with Gasteiger partial charge in [-0.3, -0.25) is 4.79 Å². The van der Waals surface area contributed by atoms with Crippen molar-refractivity contribution >= 4 is 22.9 Å². The maximum absolute atomic E-state index is 12.4. The molecule has 3 rings (SSSR count). The fraction of sp³-hybridized carbons (Fsp3) is 0.294. The van der Waals surface area contributed by atoms with Crippen molar-refractivity contribution < 1.29 is 14.3 Å². The third kappa shape index (κ3) is 3.10. The summed E-state index contributed by atoms with van der Waals surface area (Å²) >= 11 is 0. The number of aromatic nitrogens is 4. The van der Waals surface area contributed by atoms with E-state index < -0.39 is 5.97 Å². The van der Waals surface area contributed by atoms with E-state index in [0.717, 1.165) is 16.9 Å². The van der Waals surface area contributed by atoms with Crippen LogP contribution in [0.4, 0.5) is 0 Å². The molecule has 0 spiro atoms. The number of methoxy groups -OCH3 is 1. The molecule has 0 bridgehead atoms. The standard InChI is InChI=1S/C17H19N5O3/c1-21-10-19-14(17(24)25-3)15(21)16(23)18-9-8-13-20-11-6-4-5-7-12(11)22(13)2/h4-7,10H,8-9H2,1-3H3,(H,18,23). The molecule has 2 aromatic heterocycles. The van der Waals surface area contributed by atoms with Gasteiger partial charge in [0.2, 0.25) is 0 Å². The number of hydrogen-bond acceptors (Lipinski definition) is 5. The summed E-state index contributed by atoms with van der Waals surface area (Å²) in [6.45, 7) is 0.391. The van der Waals surface area contributed by atoms with Gasteiger partial charge in [-0.25, -0.2) is 14.8 Å². The number of rotatable bonds is 5. The number of carbonyl (C=O) groups excluding carboxylic acids is 2. The van der Waals surface area contributed by atoms with Crippen LogP contribution in [0.2, 0.25) is 0 Å². The predicted molar refractivity (Wildman–Crippen MR) is 91.3 cm³/mol. The Hall–Kier alpha value is -3.16. The molecular weight excluding hydrogens is 322 g/mol. The second-order valence-corrected chi connectivity index (χ2v) is 5.63. The van der Waals surface area contributed by atoms with Crippen molar-refractivity contribution in [1.82, 2.24) is 24.4 Å². The minimum absolute atomic E-state index is 0.00484. The Morgan fingerprint density at radius 3 is 2.72 bits per heavy atom. The highest BCUT2D eigenvalue weighted by Crippen LogP contribution is 2.14. The summed E-state index contributed by atoms with van der Waals surface area (Å²) in [6, 6.07) is 7.86. The molecule has 0 saturated heterocycles. The van der Waals surface area contributed by atoms with E-state index in [1.165, 1.54) is 18.0 Å². The lowest BCUT2D eigenvalue weighted by atomic mass is 10.3. The number of fused-ring (bicyclic) bond motifs is 1. The summed E-state index contributed by atoms with van der Waals surface area (Å²) in [5.74, 6) is -0.139. The summed E-state index contributed by atoms with van der Waals surface area (Å²) in [5.41, 5.74) is 2.15. The summed E-state index contributed by atoms with van der Waals surface area (Å²) in [4.78, 5) is 32.6. The van der Waals surface area contributed by atoms with Crippen molar-refractivity contribution in [2.75, 3.05) is 13.7 Å². The van der Waals surface area contributed by atoms with Crippen LogP contribution >= 0.6 is 0 Å². The highest BCUT2D eigenvalue weighted by molar-refractivity contribution is 6.03. The Morgan fingerprint density at radius 2 is 2.00 bits per heavy atom. The van der Waals surface area contributed by atoms with Crippen molar-refractivity contribution in [3.8, 4) is 0 Å². The first kappa shape index (κ1) is 16.7. The number of carbonyl (C=O) groups is 2. The number of nitrogens with one attached hydrogen (secondary N) is 1. The normalized spacial score (nSPS) is 10.8. The molecule has 0 aliphatic rings. The lowest BCUT2D eigenvalue weighted by Crippen LogP contribution is -2.29. The number of ether oxygens (including phenoxy) is 1. The van der Waals surface area contributed by atoms with Crippen molar-refractivity contribution in [2.24, 2.45) is 14.1 Å². The minimum atomic E-state index is -0.638. The monoisotopic (exact) mass is 341 g/mol. The SMILES string of the molecule is COC(=O)c1ncn(C)c1C(=O)NCCc1nc2ccccc2n1C. The van der Waals surface area contributed by atoms with Gasteiger partial charge in [-0.2, -0.15) is 0 Å². The molecule has 25 heavy (non-hydrogen) atoms. The number of esters is 1. The molecule has 0 aliphatic carbocycles. The zero-order chi connectivity index (χ0) is 18.0. The number of benzene rings is 1. The van der Waals surface area contributed by atoms with Gasteiger partial charge in [0, 0.05) is 27.1 Å². The van der Waals surface area contributed by atoms with E-state index in [-0.39, 0.29) is 17.3 Å². The number of nitrogens with zero attached hydrogens (tertiary/aromatic N) is 4. The Morgan fingerprint density at radius 1 is 1.24 bits per heavy atom. The average Bonchev–Trinajstić information content (AvgIpc) is 3.15. The van der Waals surface area contributed by atoms with Gasteiger partial charge >= 0.3 is 5.97 Å². The molecule has 0 radical (unpaired) electrons. The van der Waals surface area contributed by atoms with Crippen molar-refractivity contribution in [3.63, 3.8) is 0 Å². The first-order chi connectivity index (χ1) is 12.0. The van der Waals surface area contributed by atoms with Gasteiger partial charge in [-0.15, -0.1) is 0 Å². The highest BCUT2D eigenvalue weighted by Gasteiger charge is 2.23. The van der Waals surface area contributed by atoms with Gasteiger partial charge in [0.05, 0.1) is 24.5 Å². The molecule has 0 unspecified atom stereocenters. The molecule has 2 heterocycles. The van der Waals surface area contributed by atoms with Gasteiger partial charge in [0.15, 0.2) is 5.69 Å². The highest BCUT2D eigenvalue weighted by atomic mass is 16.5. The lowest BCUT2D eigenvalue weighted by molar-refractivity contribution is 0.0589. The number of aryl methyl sites for hydroxylation is 2. The van der Waals surface area contributed by atoms with Gasteiger partial charge < -0.3 is 19.2 Å². The van der Waals surface area contributed by atoms with E-state index in [1.807, 2.05) is 35.9 Å². The van der Waals surface area contributed by atoms with Crippen LogP contribution in [-0.4, -0.2) is 44.6 Å². The molecule has 0 fully saturated rings. The second-order valence-electron chi connectivity index (χ2n) is 5.63. The van der Waals surface area contributed by atoms with Crippen LogP contribution in [0.3, 0.4) is 0 Å². The summed E-state index contributed by atoms with van der Waals surface area (Å²) < 4.78 is 8.16. The summed E-state index contributed by atoms with van der Waals surface area (Å²) in [6.07, 6.45) is 1.98. The molecule has 8 heteroatoms. The molecule has 0 aliphatic heterocycles. The summed E-state index contributed by atoms with van der Waals surface area (Å²) in [5, 5.41) is 2.80. The molecule has 3 aromatic rings. The average molecular weight is 341 g/mol. The molecule has 1 N–H and O–H groups in total. The van der Waals surface area contributed by atoms with Crippen LogP contribution in [-0.2, 0) is 25.3 Å². The van der Waals surface area contributed by atoms with Crippen molar-refractivity contribution in [3.05, 3.63) is 47.8 Å². The van der Waals surface area contributed by atoms with Crippen LogP contribution in [0.15, 0.2) is 30.6 Å². The largest absolute Gasteiger partial charge is 0.464 e. The molecule has 130 valence electrons. The zero-order valence-corrected chi connectivity index (χ0v) is 14.3. The molecular formula is C17H19N5O3. The maximum Gasteiger partial charge on any atom is 0.359 e. The maximum atomic E-state index is 12.4. The van der Waals surface area contributed by atoms with Crippen LogP contribution in [0.5, 0.6) is 0 Å². The first-order valence-electron chi connectivity index (χ1n) is 7.81. The summed E-state index contributed by atoms with van der Waals surface area (Å²) in [7, 11) is 4.85.